The van der Waals surface area contributed by atoms with Crippen molar-refractivity contribution in [3.8, 4) is 0 Å². The summed E-state index contributed by atoms with van der Waals surface area (Å²) in [5, 5.41) is 0. The molecule has 0 fully saturated rings. The lowest BCUT2D eigenvalue weighted by Gasteiger charge is -2.47. The predicted octanol–water partition coefficient (Wildman–Crippen LogP) is 5.88. The molecule has 10 heteroatoms. The fourth-order valence-electron chi connectivity index (χ4n) is 2.97. The van der Waals surface area contributed by atoms with E-state index in [0.29, 0.717) is 12.0 Å². The van der Waals surface area contributed by atoms with Crippen LogP contribution in [-0.4, -0.2) is 51.2 Å². The van der Waals surface area contributed by atoms with Crippen molar-refractivity contribution in [1.82, 2.24) is 0 Å². The minimum absolute atomic E-state index is 0.266. The first-order valence-electron chi connectivity index (χ1n) is 11.2. The first kappa shape index (κ1) is 32.3. The summed E-state index contributed by atoms with van der Waals surface area (Å²) in [5.74, 6) is -0.866. The van der Waals surface area contributed by atoms with E-state index in [-0.39, 0.29) is 11.3 Å². The van der Waals surface area contributed by atoms with Gasteiger partial charge in [0.25, 0.3) is 0 Å². The lowest BCUT2D eigenvalue weighted by molar-refractivity contribution is -0.141. The fourth-order valence-corrected chi connectivity index (χ4v) is 18.2. The molecule has 0 rings (SSSR count). The SMILES string of the molecule is C=CC(=O)OC(CC)[Si](O[Si](C)(C)C=C)(O[Si](C)(C)C=C)O[Si](C)(C=C)C(C)C(=C)C(=O)C=C. The number of carbonyl (C=O) groups excluding carboxylic acids is 2. The summed E-state index contributed by atoms with van der Waals surface area (Å²) >= 11 is 0. The normalized spacial score (nSPS) is 15.7. The van der Waals surface area contributed by atoms with E-state index in [1.54, 1.807) is 17.1 Å². The molecule has 190 valence electrons. The van der Waals surface area contributed by atoms with Gasteiger partial charge in [-0.05, 0) is 50.8 Å². The van der Waals surface area contributed by atoms with E-state index in [2.05, 4.69) is 39.5 Å². The second-order valence-electron chi connectivity index (χ2n) is 9.27. The third-order valence-corrected chi connectivity index (χ3v) is 21.2. The molecule has 0 aliphatic carbocycles. The van der Waals surface area contributed by atoms with E-state index in [0.717, 1.165) is 6.08 Å². The van der Waals surface area contributed by atoms with Crippen LogP contribution in [0.1, 0.15) is 20.3 Å². The summed E-state index contributed by atoms with van der Waals surface area (Å²) in [6, 6.07) is 0. The third kappa shape index (κ3) is 8.52. The zero-order valence-corrected chi connectivity index (χ0v) is 25.9. The van der Waals surface area contributed by atoms with Crippen LogP contribution in [0.3, 0.4) is 0 Å². The topological polar surface area (TPSA) is 71.1 Å². The number of ether oxygens (including phenoxy) is 1. The third-order valence-electron chi connectivity index (χ3n) is 5.64. The van der Waals surface area contributed by atoms with Crippen LogP contribution in [0.25, 0.3) is 0 Å². The van der Waals surface area contributed by atoms with Gasteiger partial charge >= 0.3 is 14.8 Å². The number of carbonyl (C=O) groups is 2. The summed E-state index contributed by atoms with van der Waals surface area (Å²) in [6.45, 7) is 36.5. The highest BCUT2D eigenvalue weighted by molar-refractivity contribution is 6.94. The van der Waals surface area contributed by atoms with E-state index >= 15 is 0 Å². The average molecular weight is 539 g/mol. The zero-order valence-electron chi connectivity index (χ0n) is 21.9. The molecule has 0 aliphatic heterocycles. The van der Waals surface area contributed by atoms with Crippen LogP contribution in [0.4, 0.5) is 0 Å². The van der Waals surface area contributed by atoms with Crippen LogP contribution in [0, 0.1) is 0 Å². The van der Waals surface area contributed by atoms with Gasteiger partial charge in [0, 0.05) is 11.6 Å². The van der Waals surface area contributed by atoms with Crippen molar-refractivity contribution in [2.45, 2.75) is 64.3 Å². The van der Waals surface area contributed by atoms with Gasteiger partial charge in [0.15, 0.2) is 11.5 Å². The van der Waals surface area contributed by atoms with Crippen molar-refractivity contribution in [1.29, 1.82) is 0 Å². The van der Waals surface area contributed by atoms with Gasteiger partial charge in [0.05, 0.1) is 0 Å². The summed E-state index contributed by atoms with van der Waals surface area (Å²) in [4.78, 5) is 24.7. The van der Waals surface area contributed by atoms with Crippen LogP contribution in [0.2, 0.25) is 38.3 Å². The maximum absolute atomic E-state index is 12.4. The quantitative estimate of drug-likeness (QED) is 0.131. The fraction of sp³-hybridized carbons (Fsp3) is 0.417. The zero-order chi connectivity index (χ0) is 27.0. The number of hydrogen-bond acceptors (Lipinski definition) is 6. The first-order chi connectivity index (χ1) is 15.5. The van der Waals surface area contributed by atoms with Crippen molar-refractivity contribution in [2.24, 2.45) is 0 Å². The first-order valence-corrected chi connectivity index (χ1v) is 21.6. The largest absolute Gasteiger partial charge is 0.513 e. The lowest BCUT2D eigenvalue weighted by Crippen LogP contribution is -2.69. The number of hydrogen-bond donors (Lipinski definition) is 0. The van der Waals surface area contributed by atoms with E-state index in [4.69, 9.17) is 17.1 Å². The van der Waals surface area contributed by atoms with Crippen LogP contribution in [-0.2, 0) is 26.7 Å². The molecule has 0 heterocycles. The Kier molecular flexibility index (Phi) is 12.2. The van der Waals surface area contributed by atoms with Crippen LogP contribution in [0.15, 0.2) is 74.3 Å². The summed E-state index contributed by atoms with van der Waals surface area (Å²) < 4.78 is 26.3. The molecule has 0 aliphatic rings. The molecule has 0 N–H and O–H groups in total. The van der Waals surface area contributed by atoms with Crippen LogP contribution >= 0.6 is 0 Å². The standard InChI is InChI=1S/C24H42O6Si4/c1-14-22(25)20(7)21(8)33(13,19-6)30-34(28-31(9,10)17-4,29-32(11,12)18-5)24(16-3)27-23(26)15-2/h14-15,17-19,21,24H,1-2,4-7,16H2,3,8-13H3. The minimum atomic E-state index is -3.82. The molecule has 0 bridgehead atoms. The van der Waals surface area contributed by atoms with E-state index < -0.39 is 45.5 Å². The number of ketones is 1. The summed E-state index contributed by atoms with van der Waals surface area (Å²) in [7, 11) is -11.9. The van der Waals surface area contributed by atoms with Crippen LogP contribution < -0.4 is 0 Å². The molecule has 0 spiro atoms. The highest BCUT2D eigenvalue weighted by Gasteiger charge is 2.60. The highest BCUT2D eigenvalue weighted by atomic mass is 28.5. The molecule has 0 saturated carbocycles. The Labute approximate surface area is 210 Å². The van der Waals surface area contributed by atoms with Gasteiger partial charge in [-0.25, -0.2) is 4.79 Å². The van der Waals surface area contributed by atoms with Gasteiger partial charge in [-0.2, -0.15) is 0 Å². The Morgan fingerprint density at radius 3 is 1.62 bits per heavy atom. The molecule has 34 heavy (non-hydrogen) atoms. The molecule has 3 atom stereocenters. The van der Waals surface area contributed by atoms with E-state index in [1.807, 2.05) is 46.6 Å². The second kappa shape index (κ2) is 12.9. The van der Waals surface area contributed by atoms with Gasteiger partial charge < -0.3 is 17.1 Å². The molecular formula is C24H42O6Si4. The monoisotopic (exact) mass is 538 g/mol. The summed E-state index contributed by atoms with van der Waals surface area (Å²) in [6.07, 6.45) is 2.72. The Bertz CT molecular complexity index is 813. The number of rotatable bonds is 17. The van der Waals surface area contributed by atoms with Gasteiger partial charge in [-0.15, -0.1) is 19.7 Å². The molecule has 0 aromatic rings. The van der Waals surface area contributed by atoms with E-state index in [9.17, 15) is 9.59 Å². The Balaban J connectivity index is 7.09. The van der Waals surface area contributed by atoms with Crippen LogP contribution in [0.5, 0.6) is 0 Å². The van der Waals surface area contributed by atoms with E-state index in [1.165, 1.54) is 6.08 Å². The van der Waals surface area contributed by atoms with Crippen molar-refractivity contribution in [3.05, 3.63) is 74.3 Å². The van der Waals surface area contributed by atoms with Crippen molar-refractivity contribution < 1.29 is 26.7 Å². The molecule has 3 unspecified atom stereocenters. The van der Waals surface area contributed by atoms with Gasteiger partial charge in [0.2, 0.25) is 25.0 Å². The van der Waals surface area contributed by atoms with Crippen molar-refractivity contribution in [3.63, 3.8) is 0 Å². The number of esters is 1. The molecule has 0 aromatic carbocycles. The molecule has 6 nitrogen and oxygen atoms in total. The molecule has 0 saturated heterocycles. The lowest BCUT2D eigenvalue weighted by atomic mass is 10.1. The molecule has 0 aromatic heterocycles. The second-order valence-corrected chi connectivity index (χ2v) is 24.4. The van der Waals surface area contributed by atoms with Gasteiger partial charge in [-0.3, -0.25) is 4.79 Å². The smallest absolute Gasteiger partial charge is 0.455 e. The predicted molar refractivity (Wildman–Crippen MR) is 150 cm³/mol. The molecular weight excluding hydrogens is 497 g/mol. The Hall–Kier alpha value is -1.67. The highest BCUT2D eigenvalue weighted by Crippen LogP contribution is 2.38. The van der Waals surface area contributed by atoms with Crippen molar-refractivity contribution in [2.75, 3.05) is 0 Å². The average Bonchev–Trinajstić information content (AvgIpc) is 2.79. The molecule has 0 amide bonds. The van der Waals surface area contributed by atoms with Crippen molar-refractivity contribution >= 4 is 45.5 Å². The minimum Gasteiger partial charge on any atom is -0.455 e. The summed E-state index contributed by atoms with van der Waals surface area (Å²) in [5.41, 5.74) is 4.48. The molecule has 0 radical (unpaired) electrons. The maximum Gasteiger partial charge on any atom is 0.513 e. The van der Waals surface area contributed by atoms with Gasteiger partial charge in [0.1, 0.15) is 0 Å². The Morgan fingerprint density at radius 1 is 0.824 bits per heavy atom. The van der Waals surface area contributed by atoms with Gasteiger partial charge in [-0.1, -0.05) is 50.7 Å². The Morgan fingerprint density at radius 2 is 1.29 bits per heavy atom. The number of allylic oxidation sites excluding steroid dienone is 2. The maximum atomic E-state index is 12.4.